The van der Waals surface area contributed by atoms with Gasteiger partial charge in [-0.2, -0.15) is 5.10 Å². The molecule has 0 spiro atoms. The highest BCUT2D eigenvalue weighted by Gasteiger charge is 2.24. The minimum atomic E-state index is -0.442. The lowest BCUT2D eigenvalue weighted by Crippen LogP contribution is -2.13. The molecular weight excluding hydrogens is 328 g/mol. The van der Waals surface area contributed by atoms with Crippen molar-refractivity contribution in [3.8, 4) is 0 Å². The third kappa shape index (κ3) is 3.09. The van der Waals surface area contributed by atoms with E-state index in [-0.39, 0.29) is 5.91 Å². The number of hydrogen-bond donors (Lipinski definition) is 1. The molecule has 128 valence electrons. The summed E-state index contributed by atoms with van der Waals surface area (Å²) < 4.78 is 12.6. The third-order valence-electron chi connectivity index (χ3n) is 4.48. The molecule has 2 fully saturated rings. The molecule has 8 heteroatoms. The summed E-state index contributed by atoms with van der Waals surface area (Å²) in [5, 5.41) is 8.16. The van der Waals surface area contributed by atoms with Gasteiger partial charge in [-0.25, -0.2) is 4.98 Å². The third-order valence-corrected chi connectivity index (χ3v) is 5.50. The van der Waals surface area contributed by atoms with Crippen LogP contribution in [-0.2, 0) is 16.5 Å². The normalized spacial score (nSPS) is 19.2. The summed E-state index contributed by atoms with van der Waals surface area (Å²) >= 11 is 1.29. The van der Waals surface area contributed by atoms with E-state index >= 15 is 0 Å². The molecule has 24 heavy (non-hydrogen) atoms. The van der Waals surface area contributed by atoms with E-state index in [1.165, 1.54) is 37.0 Å². The maximum Gasteiger partial charge on any atom is 0.268 e. The first-order valence-corrected chi connectivity index (χ1v) is 9.06. The second kappa shape index (κ2) is 6.62. The van der Waals surface area contributed by atoms with Gasteiger partial charge in [-0.3, -0.25) is 9.48 Å². The van der Waals surface area contributed by atoms with E-state index in [9.17, 15) is 4.79 Å². The Kier molecular flexibility index (Phi) is 4.34. The average molecular weight is 348 g/mol. The largest absolute Gasteiger partial charge is 0.344 e. The van der Waals surface area contributed by atoms with Crippen molar-refractivity contribution in [2.75, 3.05) is 18.5 Å². The van der Waals surface area contributed by atoms with E-state index in [1.54, 1.807) is 10.9 Å². The molecule has 0 unspecified atom stereocenters. The fraction of sp³-hybridized carbons (Fsp3) is 0.562. The molecule has 2 aromatic heterocycles. The lowest BCUT2D eigenvalue weighted by atomic mass is 10.0. The van der Waals surface area contributed by atoms with E-state index in [0.717, 1.165) is 5.69 Å². The highest BCUT2D eigenvalue weighted by molar-refractivity contribution is 7.13. The topological polar surface area (TPSA) is 78.3 Å². The van der Waals surface area contributed by atoms with Crippen LogP contribution in [0.15, 0.2) is 12.3 Å². The van der Waals surface area contributed by atoms with Crippen molar-refractivity contribution in [1.82, 2.24) is 14.8 Å². The number of carbonyl (C=O) groups excluding carboxylic acids is 1. The molecule has 1 amide bonds. The highest BCUT2D eigenvalue weighted by Crippen LogP contribution is 2.34. The van der Waals surface area contributed by atoms with Crippen molar-refractivity contribution in [2.24, 2.45) is 7.05 Å². The van der Waals surface area contributed by atoms with Gasteiger partial charge in [0.25, 0.3) is 5.91 Å². The van der Waals surface area contributed by atoms with Gasteiger partial charge in [0.2, 0.25) is 6.29 Å². The Morgan fingerprint density at radius 3 is 2.83 bits per heavy atom. The number of hydrogen-bond acceptors (Lipinski definition) is 6. The lowest BCUT2D eigenvalue weighted by molar-refractivity contribution is -0.0442. The van der Waals surface area contributed by atoms with E-state index in [1.807, 2.05) is 13.1 Å². The van der Waals surface area contributed by atoms with Gasteiger partial charge in [-0.15, -0.1) is 11.3 Å². The van der Waals surface area contributed by atoms with Gasteiger partial charge in [0.05, 0.1) is 25.1 Å². The Hall–Kier alpha value is -1.77. The number of thiazole rings is 1. The van der Waals surface area contributed by atoms with E-state index in [0.29, 0.717) is 34.8 Å². The Bertz CT molecular complexity index is 730. The Labute approximate surface area is 144 Å². The maximum absolute atomic E-state index is 12.5. The first kappa shape index (κ1) is 15.7. The van der Waals surface area contributed by atoms with Gasteiger partial charge >= 0.3 is 0 Å². The quantitative estimate of drug-likeness (QED) is 0.919. The molecule has 2 aromatic rings. The standard InChI is InChI=1S/C16H20N4O3S/c1-20-13(8-11(19-20)10-4-2-3-5-10)18-14(21)12-9-17-15(24-12)16-22-6-7-23-16/h8-10,16H,2-7H2,1H3,(H,18,21). The summed E-state index contributed by atoms with van der Waals surface area (Å²) in [6.07, 6.45) is 6.01. The number of amides is 1. The number of aryl methyl sites for hydroxylation is 1. The van der Waals surface area contributed by atoms with Crippen molar-refractivity contribution < 1.29 is 14.3 Å². The minimum Gasteiger partial charge on any atom is -0.344 e. The van der Waals surface area contributed by atoms with Crippen LogP contribution in [0.25, 0.3) is 0 Å². The van der Waals surface area contributed by atoms with E-state index < -0.39 is 6.29 Å². The summed E-state index contributed by atoms with van der Waals surface area (Å²) in [5.74, 6) is 1.05. The monoisotopic (exact) mass is 348 g/mol. The molecule has 4 rings (SSSR count). The van der Waals surface area contributed by atoms with Crippen LogP contribution in [0, 0.1) is 0 Å². The van der Waals surface area contributed by atoms with Crippen LogP contribution < -0.4 is 5.32 Å². The molecule has 0 atom stereocenters. The van der Waals surface area contributed by atoms with Gasteiger partial charge in [-0.1, -0.05) is 12.8 Å². The van der Waals surface area contributed by atoms with Gasteiger partial charge in [0.15, 0.2) is 0 Å². The van der Waals surface area contributed by atoms with Crippen molar-refractivity contribution in [3.63, 3.8) is 0 Å². The van der Waals surface area contributed by atoms with E-state index in [2.05, 4.69) is 15.4 Å². The smallest absolute Gasteiger partial charge is 0.268 e. The fourth-order valence-electron chi connectivity index (χ4n) is 3.21. The average Bonchev–Trinajstić information content (AvgIpc) is 3.36. The number of nitrogens with one attached hydrogen (secondary N) is 1. The zero-order chi connectivity index (χ0) is 16.5. The molecular formula is C16H20N4O3S. The van der Waals surface area contributed by atoms with Crippen LogP contribution in [0.5, 0.6) is 0 Å². The van der Waals surface area contributed by atoms with Crippen molar-refractivity contribution in [2.45, 2.75) is 37.9 Å². The SMILES string of the molecule is Cn1nc(C2CCCC2)cc1NC(=O)c1cnc(C2OCCO2)s1. The molecule has 1 N–H and O–H groups in total. The van der Waals surface area contributed by atoms with Crippen LogP contribution in [-0.4, -0.2) is 33.9 Å². The summed E-state index contributed by atoms with van der Waals surface area (Å²) in [5.41, 5.74) is 1.07. The zero-order valence-corrected chi connectivity index (χ0v) is 14.3. The number of anilines is 1. The van der Waals surface area contributed by atoms with Gasteiger partial charge in [-0.05, 0) is 12.8 Å². The Morgan fingerprint density at radius 2 is 2.08 bits per heavy atom. The maximum atomic E-state index is 12.5. The van der Waals surface area contributed by atoms with Crippen LogP contribution in [0.2, 0.25) is 0 Å². The predicted molar refractivity (Wildman–Crippen MR) is 89.1 cm³/mol. The van der Waals surface area contributed by atoms with Crippen molar-refractivity contribution in [1.29, 1.82) is 0 Å². The molecule has 1 saturated carbocycles. The highest BCUT2D eigenvalue weighted by atomic mass is 32.1. The number of rotatable bonds is 4. The number of ether oxygens (including phenoxy) is 2. The number of nitrogens with zero attached hydrogens (tertiary/aromatic N) is 3. The minimum absolute atomic E-state index is 0.183. The second-order valence-electron chi connectivity index (χ2n) is 6.15. The Balaban J connectivity index is 1.45. The van der Waals surface area contributed by atoms with Crippen molar-refractivity contribution in [3.05, 3.63) is 27.8 Å². The summed E-state index contributed by atoms with van der Waals surface area (Å²) in [6.45, 7) is 1.12. The molecule has 2 aliphatic rings. The van der Waals surface area contributed by atoms with Crippen LogP contribution in [0.4, 0.5) is 5.82 Å². The fourth-order valence-corrected chi connectivity index (χ4v) is 4.02. The summed E-state index contributed by atoms with van der Waals surface area (Å²) in [4.78, 5) is 17.2. The van der Waals surface area contributed by atoms with Crippen LogP contribution in [0.3, 0.4) is 0 Å². The summed E-state index contributed by atoms with van der Waals surface area (Å²) in [6, 6.07) is 1.99. The van der Waals surface area contributed by atoms with Crippen LogP contribution in [0.1, 0.15) is 58.3 Å². The lowest BCUT2D eigenvalue weighted by Gasteiger charge is -2.04. The zero-order valence-electron chi connectivity index (χ0n) is 13.5. The molecule has 1 aliphatic carbocycles. The second-order valence-corrected chi connectivity index (χ2v) is 7.21. The van der Waals surface area contributed by atoms with Gasteiger partial charge < -0.3 is 14.8 Å². The van der Waals surface area contributed by atoms with E-state index in [4.69, 9.17) is 9.47 Å². The Morgan fingerprint density at radius 1 is 1.33 bits per heavy atom. The molecule has 0 radical (unpaired) electrons. The summed E-state index contributed by atoms with van der Waals surface area (Å²) in [7, 11) is 1.85. The molecule has 0 aromatic carbocycles. The van der Waals surface area contributed by atoms with Crippen LogP contribution >= 0.6 is 11.3 Å². The van der Waals surface area contributed by atoms with Crippen molar-refractivity contribution >= 4 is 23.1 Å². The number of carbonyl (C=O) groups is 1. The van der Waals surface area contributed by atoms with Gasteiger partial charge in [0.1, 0.15) is 15.7 Å². The molecule has 1 saturated heterocycles. The first-order chi connectivity index (χ1) is 11.7. The van der Waals surface area contributed by atoms with Gasteiger partial charge in [0, 0.05) is 19.0 Å². The molecule has 0 bridgehead atoms. The molecule has 1 aliphatic heterocycles. The predicted octanol–water partition coefficient (Wildman–Crippen LogP) is 2.83. The number of aromatic nitrogens is 3. The molecule has 3 heterocycles. The first-order valence-electron chi connectivity index (χ1n) is 8.25. The molecule has 7 nitrogen and oxygen atoms in total.